The van der Waals surface area contributed by atoms with Crippen LogP contribution in [0.2, 0.25) is 0 Å². The Labute approximate surface area is 150 Å². The lowest BCUT2D eigenvalue weighted by molar-refractivity contribution is 0.0177. The van der Waals surface area contributed by atoms with Crippen LogP contribution in [-0.2, 0) is 6.54 Å². The van der Waals surface area contributed by atoms with Crippen LogP contribution < -0.4 is 5.32 Å². The molecule has 1 N–H and O–H groups in total. The highest BCUT2D eigenvalue weighted by molar-refractivity contribution is 5.94. The van der Waals surface area contributed by atoms with Crippen molar-refractivity contribution in [3.8, 4) is 0 Å². The second-order valence-corrected chi connectivity index (χ2v) is 7.40. The number of piperidine rings is 2. The smallest absolute Gasteiger partial charge is 0.251 e. The first-order valence-electron chi connectivity index (χ1n) is 9.45. The zero-order chi connectivity index (χ0) is 17.1. The van der Waals surface area contributed by atoms with Crippen molar-refractivity contribution < 1.29 is 4.79 Å². The summed E-state index contributed by atoms with van der Waals surface area (Å²) >= 11 is 0. The van der Waals surface area contributed by atoms with E-state index in [1.807, 2.05) is 30.3 Å². The van der Waals surface area contributed by atoms with Crippen LogP contribution >= 0.6 is 0 Å². The van der Waals surface area contributed by atoms with E-state index in [1.54, 1.807) is 0 Å². The number of hydrogen-bond donors (Lipinski definition) is 1. The zero-order valence-electron chi connectivity index (χ0n) is 14.6. The number of nitrogens with one attached hydrogen (secondary N) is 1. The Morgan fingerprint density at radius 1 is 0.920 bits per heavy atom. The second-order valence-electron chi connectivity index (χ2n) is 7.40. The lowest BCUT2D eigenvalue weighted by Gasteiger charge is -2.49. The number of benzene rings is 2. The molecule has 2 heterocycles. The Kier molecular flexibility index (Phi) is 4.84. The molecule has 0 saturated carbocycles. The standard InChI is InChI=1S/C22H26N2O/c25-22(18-10-5-2-6-11-18)23-19-14-20-12-7-13-21(15-19)24(20)16-17-8-3-1-4-9-17/h1-6,8-11,19-21H,7,12-16H2,(H,23,25)/t19?,20-,21+. The molecule has 2 fully saturated rings. The van der Waals surface area contributed by atoms with Crippen molar-refractivity contribution in [1.29, 1.82) is 0 Å². The first kappa shape index (κ1) is 16.3. The lowest BCUT2D eigenvalue weighted by atomic mass is 9.81. The number of fused-ring (bicyclic) bond motifs is 2. The van der Waals surface area contributed by atoms with Gasteiger partial charge in [-0.15, -0.1) is 0 Å². The summed E-state index contributed by atoms with van der Waals surface area (Å²) in [4.78, 5) is 15.2. The molecule has 0 aromatic heterocycles. The molecule has 2 aromatic carbocycles. The number of rotatable bonds is 4. The van der Waals surface area contributed by atoms with Gasteiger partial charge in [-0.1, -0.05) is 55.0 Å². The van der Waals surface area contributed by atoms with Gasteiger partial charge in [0.1, 0.15) is 0 Å². The molecule has 2 aliphatic rings. The molecular weight excluding hydrogens is 308 g/mol. The highest BCUT2D eigenvalue weighted by Gasteiger charge is 2.38. The van der Waals surface area contributed by atoms with E-state index < -0.39 is 0 Å². The first-order chi connectivity index (χ1) is 12.3. The van der Waals surface area contributed by atoms with E-state index in [1.165, 1.54) is 24.8 Å². The number of amides is 1. The number of carbonyl (C=O) groups excluding carboxylic acids is 1. The Balaban J connectivity index is 1.41. The van der Waals surface area contributed by atoms with E-state index in [2.05, 4.69) is 40.5 Å². The van der Waals surface area contributed by atoms with Gasteiger partial charge in [0.25, 0.3) is 5.91 Å². The van der Waals surface area contributed by atoms with Crippen LogP contribution in [0.1, 0.15) is 48.0 Å². The molecule has 4 rings (SSSR count). The maximum Gasteiger partial charge on any atom is 0.251 e. The minimum absolute atomic E-state index is 0.0696. The summed E-state index contributed by atoms with van der Waals surface area (Å²) in [6.45, 7) is 1.04. The average molecular weight is 334 g/mol. The quantitative estimate of drug-likeness (QED) is 0.916. The SMILES string of the molecule is O=C(NC1C[C@H]2CCC[C@@H](C1)N2Cc1ccccc1)c1ccccc1. The van der Waals surface area contributed by atoms with Crippen molar-refractivity contribution >= 4 is 5.91 Å². The van der Waals surface area contributed by atoms with Crippen molar-refractivity contribution in [2.24, 2.45) is 0 Å². The maximum absolute atomic E-state index is 12.5. The second kappa shape index (κ2) is 7.40. The summed E-state index contributed by atoms with van der Waals surface area (Å²) in [5.74, 6) is 0.0696. The van der Waals surface area contributed by atoms with Crippen LogP contribution in [0.4, 0.5) is 0 Å². The highest BCUT2D eigenvalue weighted by Crippen LogP contribution is 2.35. The molecule has 3 nitrogen and oxygen atoms in total. The minimum Gasteiger partial charge on any atom is -0.349 e. The van der Waals surface area contributed by atoms with Crippen molar-refractivity contribution in [3.63, 3.8) is 0 Å². The number of carbonyl (C=O) groups is 1. The topological polar surface area (TPSA) is 32.3 Å². The normalized spacial score (nSPS) is 26.2. The van der Waals surface area contributed by atoms with Crippen molar-refractivity contribution in [2.45, 2.75) is 56.8 Å². The summed E-state index contributed by atoms with van der Waals surface area (Å²) in [6.07, 6.45) is 5.96. The van der Waals surface area contributed by atoms with Gasteiger partial charge in [-0.05, 0) is 43.4 Å². The molecule has 3 heteroatoms. The number of nitrogens with zero attached hydrogens (tertiary/aromatic N) is 1. The maximum atomic E-state index is 12.5. The molecule has 130 valence electrons. The fourth-order valence-corrected chi connectivity index (χ4v) is 4.51. The van der Waals surface area contributed by atoms with Gasteiger partial charge in [0.15, 0.2) is 0 Å². The van der Waals surface area contributed by atoms with Gasteiger partial charge < -0.3 is 5.32 Å². The third-order valence-electron chi connectivity index (χ3n) is 5.71. The van der Waals surface area contributed by atoms with Crippen LogP contribution in [-0.4, -0.2) is 28.9 Å². The van der Waals surface area contributed by atoms with Crippen molar-refractivity contribution in [2.75, 3.05) is 0 Å². The van der Waals surface area contributed by atoms with Crippen LogP contribution in [0, 0.1) is 0 Å². The van der Waals surface area contributed by atoms with Gasteiger partial charge >= 0.3 is 0 Å². The predicted octanol–water partition coefficient (Wildman–Crippen LogP) is 4.00. The van der Waals surface area contributed by atoms with E-state index in [0.717, 1.165) is 24.9 Å². The molecule has 3 atom stereocenters. The summed E-state index contributed by atoms with van der Waals surface area (Å²) < 4.78 is 0. The molecule has 2 aromatic rings. The van der Waals surface area contributed by atoms with Gasteiger partial charge in [-0.25, -0.2) is 0 Å². The van der Waals surface area contributed by atoms with Crippen molar-refractivity contribution in [3.05, 3.63) is 71.8 Å². The molecule has 0 radical (unpaired) electrons. The van der Waals surface area contributed by atoms with Gasteiger partial charge in [-0.2, -0.15) is 0 Å². The molecule has 0 aliphatic carbocycles. The van der Waals surface area contributed by atoms with E-state index in [4.69, 9.17) is 0 Å². The highest BCUT2D eigenvalue weighted by atomic mass is 16.1. The Bertz CT molecular complexity index is 686. The van der Waals surface area contributed by atoms with Gasteiger partial charge in [0, 0.05) is 30.2 Å². The van der Waals surface area contributed by atoms with E-state index in [0.29, 0.717) is 18.1 Å². The largest absolute Gasteiger partial charge is 0.349 e. The molecule has 0 spiro atoms. The molecule has 2 bridgehead atoms. The third kappa shape index (κ3) is 3.77. The van der Waals surface area contributed by atoms with Crippen LogP contribution in [0.5, 0.6) is 0 Å². The lowest BCUT2D eigenvalue weighted by Crippen LogP contribution is -2.56. The predicted molar refractivity (Wildman–Crippen MR) is 100 cm³/mol. The number of hydrogen-bond acceptors (Lipinski definition) is 2. The van der Waals surface area contributed by atoms with E-state index >= 15 is 0 Å². The average Bonchev–Trinajstić information content (AvgIpc) is 2.64. The van der Waals surface area contributed by atoms with Gasteiger partial charge in [-0.3, -0.25) is 9.69 Å². The fourth-order valence-electron chi connectivity index (χ4n) is 4.51. The molecule has 2 saturated heterocycles. The minimum atomic E-state index is 0.0696. The molecule has 25 heavy (non-hydrogen) atoms. The Hall–Kier alpha value is -2.13. The third-order valence-corrected chi connectivity index (χ3v) is 5.71. The summed E-state index contributed by atoms with van der Waals surface area (Å²) in [5, 5.41) is 3.28. The van der Waals surface area contributed by atoms with Crippen molar-refractivity contribution in [1.82, 2.24) is 10.2 Å². The van der Waals surface area contributed by atoms with E-state index in [-0.39, 0.29) is 5.91 Å². The summed E-state index contributed by atoms with van der Waals surface area (Å²) in [7, 11) is 0. The molecule has 2 aliphatic heterocycles. The zero-order valence-corrected chi connectivity index (χ0v) is 14.6. The Morgan fingerprint density at radius 3 is 2.16 bits per heavy atom. The van der Waals surface area contributed by atoms with Gasteiger partial charge in [0.2, 0.25) is 0 Å². The summed E-state index contributed by atoms with van der Waals surface area (Å²) in [5.41, 5.74) is 2.16. The first-order valence-corrected chi connectivity index (χ1v) is 9.45. The summed E-state index contributed by atoms with van der Waals surface area (Å²) in [6, 6.07) is 21.8. The molecular formula is C22H26N2O. The van der Waals surface area contributed by atoms with Crippen LogP contribution in [0.25, 0.3) is 0 Å². The molecule has 1 unspecified atom stereocenters. The monoisotopic (exact) mass is 334 g/mol. The van der Waals surface area contributed by atoms with E-state index in [9.17, 15) is 4.79 Å². The van der Waals surface area contributed by atoms with Crippen LogP contribution in [0.15, 0.2) is 60.7 Å². The Morgan fingerprint density at radius 2 is 1.52 bits per heavy atom. The fraction of sp³-hybridized carbons (Fsp3) is 0.409. The van der Waals surface area contributed by atoms with Gasteiger partial charge in [0.05, 0.1) is 0 Å². The van der Waals surface area contributed by atoms with Crippen LogP contribution in [0.3, 0.4) is 0 Å². The molecule has 1 amide bonds.